The molecule has 3 heterocycles. The van der Waals surface area contributed by atoms with Crippen molar-refractivity contribution in [3.05, 3.63) is 29.7 Å². The number of aliphatic carboxylic acids is 1. The van der Waals surface area contributed by atoms with Crippen LogP contribution in [-0.2, 0) is 14.3 Å². The molecule has 2 aliphatic heterocycles. The predicted octanol–water partition coefficient (Wildman–Crippen LogP) is -0.600. The zero-order valence-electron chi connectivity index (χ0n) is 18.8. The van der Waals surface area contributed by atoms with Crippen LogP contribution in [0.2, 0.25) is 0 Å². The highest BCUT2D eigenvalue weighted by Crippen LogP contribution is 2.39. The molecule has 1 aromatic heterocycles. The summed E-state index contributed by atoms with van der Waals surface area (Å²) in [6.45, 7) is 2.43. The largest absolute Gasteiger partial charge is 0.478 e. The Morgan fingerprint density at radius 1 is 1.29 bits per heavy atom. The summed E-state index contributed by atoms with van der Waals surface area (Å²) in [5.41, 5.74) is 0.384. The molecule has 0 spiro atoms. The van der Waals surface area contributed by atoms with Crippen molar-refractivity contribution in [3.8, 4) is 17.6 Å². The summed E-state index contributed by atoms with van der Waals surface area (Å²) in [6, 6.07) is 2.89. The van der Waals surface area contributed by atoms with Crippen LogP contribution in [0.1, 0.15) is 25.6 Å². The van der Waals surface area contributed by atoms with Gasteiger partial charge >= 0.3 is 5.97 Å². The van der Waals surface area contributed by atoms with E-state index in [9.17, 15) is 35.3 Å². The minimum absolute atomic E-state index is 0.0184. The van der Waals surface area contributed by atoms with Gasteiger partial charge in [-0.3, -0.25) is 4.79 Å². The number of nitrogens with one attached hydrogen (secondary N) is 1. The van der Waals surface area contributed by atoms with Gasteiger partial charge in [-0.25, -0.2) is 9.48 Å². The van der Waals surface area contributed by atoms with E-state index >= 15 is 0 Å². The normalized spacial score (nSPS) is 22.8. The Labute approximate surface area is 198 Å². The van der Waals surface area contributed by atoms with Gasteiger partial charge in [-0.05, 0) is 12.1 Å². The van der Waals surface area contributed by atoms with Crippen molar-refractivity contribution in [3.63, 3.8) is 0 Å². The molecule has 13 heteroatoms. The van der Waals surface area contributed by atoms with Gasteiger partial charge in [0.15, 0.2) is 11.5 Å². The molecule has 0 saturated carbocycles. The van der Waals surface area contributed by atoms with Crippen LogP contribution in [0, 0.1) is 17.2 Å². The van der Waals surface area contributed by atoms with Crippen LogP contribution >= 0.6 is 0 Å². The molecule has 4 rings (SSSR count). The van der Waals surface area contributed by atoms with Crippen LogP contribution in [0.25, 0.3) is 10.9 Å². The van der Waals surface area contributed by atoms with Crippen LogP contribution < -0.4 is 14.8 Å². The van der Waals surface area contributed by atoms with Crippen molar-refractivity contribution in [1.82, 2.24) is 15.1 Å². The first-order chi connectivity index (χ1) is 16.7. The number of carbonyl (C=O) groups is 2. The van der Waals surface area contributed by atoms with Crippen molar-refractivity contribution in [1.29, 1.82) is 5.26 Å². The number of ether oxygens (including phenoxy) is 3. The molecule has 0 saturated heterocycles. The average molecular weight is 488 g/mol. The van der Waals surface area contributed by atoms with Gasteiger partial charge in [0.25, 0.3) is 0 Å². The predicted molar refractivity (Wildman–Crippen MR) is 116 cm³/mol. The molecule has 0 fully saturated rings. The molecular formula is C22H24N4O9. The molecule has 0 unspecified atom stereocenters. The van der Waals surface area contributed by atoms with Crippen LogP contribution in [0.15, 0.2) is 24.0 Å². The van der Waals surface area contributed by atoms with Crippen LogP contribution in [-0.4, -0.2) is 79.8 Å². The first kappa shape index (κ1) is 24.3. The summed E-state index contributed by atoms with van der Waals surface area (Å²) in [5, 5.41) is 57.2. The lowest BCUT2D eigenvalue weighted by Crippen LogP contribution is -2.59. The number of nitrogens with zero attached hydrogens (tertiary/aromatic N) is 3. The number of amides is 1. The number of nitriles is 1. The monoisotopic (exact) mass is 488 g/mol. The fourth-order valence-electron chi connectivity index (χ4n) is 3.98. The van der Waals surface area contributed by atoms with E-state index in [-0.39, 0.29) is 12.5 Å². The van der Waals surface area contributed by atoms with Crippen molar-refractivity contribution in [2.45, 2.75) is 44.2 Å². The smallest absolute Gasteiger partial charge is 0.370 e. The minimum Gasteiger partial charge on any atom is -0.478 e. The number of benzene rings is 1. The number of aliphatic hydroxyl groups is 3. The SMILES string of the molecule is CC(C)C(=O)N[C@H]1[C@H]([C@H](O)[C@H](O)CO)OC(C(=O)O)=C[C@@H]1n1nc2cc3c(cc2c1C#N)OCO3. The van der Waals surface area contributed by atoms with Crippen molar-refractivity contribution in [2.24, 2.45) is 5.92 Å². The van der Waals surface area contributed by atoms with Crippen LogP contribution in [0.4, 0.5) is 0 Å². The van der Waals surface area contributed by atoms with E-state index in [4.69, 9.17) is 14.2 Å². The topological polar surface area (TPSA) is 196 Å². The Morgan fingerprint density at radius 3 is 2.57 bits per heavy atom. The van der Waals surface area contributed by atoms with E-state index in [1.54, 1.807) is 26.0 Å². The zero-order chi connectivity index (χ0) is 25.4. The maximum absolute atomic E-state index is 12.6. The number of aliphatic hydroxyl groups excluding tert-OH is 3. The summed E-state index contributed by atoms with van der Waals surface area (Å²) in [6.07, 6.45) is -3.83. The van der Waals surface area contributed by atoms with E-state index in [2.05, 4.69) is 10.4 Å². The number of carboxylic acids is 1. The number of hydrogen-bond donors (Lipinski definition) is 5. The molecule has 1 amide bonds. The Morgan fingerprint density at radius 2 is 1.97 bits per heavy atom. The second kappa shape index (κ2) is 9.41. The maximum atomic E-state index is 12.6. The van der Waals surface area contributed by atoms with E-state index < -0.39 is 60.6 Å². The molecule has 0 aliphatic carbocycles. The van der Waals surface area contributed by atoms with Crippen molar-refractivity contribution >= 4 is 22.8 Å². The zero-order valence-corrected chi connectivity index (χ0v) is 18.8. The third-order valence-corrected chi connectivity index (χ3v) is 5.85. The second-order valence-corrected chi connectivity index (χ2v) is 8.47. The van der Waals surface area contributed by atoms with Gasteiger partial charge in [0.1, 0.15) is 30.1 Å². The molecule has 5 N–H and O–H groups in total. The van der Waals surface area contributed by atoms with Crippen LogP contribution in [0.5, 0.6) is 11.5 Å². The van der Waals surface area contributed by atoms with E-state index in [0.29, 0.717) is 22.4 Å². The minimum atomic E-state index is -1.79. The second-order valence-electron chi connectivity index (χ2n) is 8.47. The Kier molecular flexibility index (Phi) is 6.53. The van der Waals surface area contributed by atoms with E-state index in [1.807, 2.05) is 6.07 Å². The first-order valence-corrected chi connectivity index (χ1v) is 10.8. The summed E-state index contributed by atoms with van der Waals surface area (Å²) < 4.78 is 17.4. The lowest BCUT2D eigenvalue weighted by Gasteiger charge is -2.40. The molecule has 186 valence electrons. The summed E-state index contributed by atoms with van der Waals surface area (Å²) >= 11 is 0. The third-order valence-electron chi connectivity index (χ3n) is 5.85. The van der Waals surface area contributed by atoms with Gasteiger partial charge in [0.05, 0.1) is 24.2 Å². The molecule has 35 heavy (non-hydrogen) atoms. The Bertz CT molecular complexity index is 1230. The van der Waals surface area contributed by atoms with Gasteiger partial charge in [0.2, 0.25) is 18.5 Å². The molecule has 5 atom stereocenters. The molecule has 2 aromatic rings. The highest BCUT2D eigenvalue weighted by atomic mass is 16.7. The number of fused-ring (bicyclic) bond motifs is 2. The number of aromatic nitrogens is 2. The van der Waals surface area contributed by atoms with Gasteiger partial charge in [-0.15, -0.1) is 0 Å². The quantitative estimate of drug-likeness (QED) is 0.334. The highest BCUT2D eigenvalue weighted by Gasteiger charge is 2.45. The number of carboxylic acid groups (broad SMARTS) is 1. The van der Waals surface area contributed by atoms with Crippen molar-refractivity contribution in [2.75, 3.05) is 13.4 Å². The van der Waals surface area contributed by atoms with Gasteiger partial charge in [0, 0.05) is 17.4 Å². The molecular weight excluding hydrogens is 464 g/mol. The lowest BCUT2D eigenvalue weighted by molar-refractivity contribution is -0.147. The fourth-order valence-corrected chi connectivity index (χ4v) is 3.98. The van der Waals surface area contributed by atoms with E-state index in [0.717, 1.165) is 6.08 Å². The number of rotatable bonds is 7. The van der Waals surface area contributed by atoms with E-state index in [1.165, 1.54) is 4.68 Å². The van der Waals surface area contributed by atoms with Gasteiger partial charge in [-0.2, -0.15) is 10.4 Å². The van der Waals surface area contributed by atoms with Crippen LogP contribution in [0.3, 0.4) is 0 Å². The first-order valence-electron chi connectivity index (χ1n) is 10.8. The third kappa shape index (κ3) is 4.34. The number of hydrogen-bond acceptors (Lipinski definition) is 10. The standard InChI is InChI=1S/C22H24N4O9/c1-9(2)21(30)24-18-12(5-17(22(31)32)35-20(18)19(29)14(28)7-27)26-13(6-23)10-3-15-16(34-8-33-15)4-11(10)25-26/h3-5,9,12,14,18-20,27-29H,7-8H2,1-2H3,(H,24,30)(H,31,32)/t12-,14+,18+,19+,20+/m0/s1. The molecule has 13 nitrogen and oxygen atoms in total. The molecule has 0 radical (unpaired) electrons. The summed E-state index contributed by atoms with van der Waals surface area (Å²) in [5.74, 6) is -2.18. The lowest BCUT2D eigenvalue weighted by atomic mass is 9.91. The Balaban J connectivity index is 1.89. The fraction of sp³-hybridized carbons (Fsp3) is 0.455. The van der Waals surface area contributed by atoms with Gasteiger partial charge in [-0.1, -0.05) is 13.8 Å². The maximum Gasteiger partial charge on any atom is 0.370 e. The molecule has 1 aromatic carbocycles. The van der Waals surface area contributed by atoms with Gasteiger partial charge < -0.3 is 40.0 Å². The highest BCUT2D eigenvalue weighted by molar-refractivity contribution is 5.88. The molecule has 0 bridgehead atoms. The summed E-state index contributed by atoms with van der Waals surface area (Å²) in [7, 11) is 0. The number of carbonyl (C=O) groups excluding carboxylic acids is 1. The summed E-state index contributed by atoms with van der Waals surface area (Å²) in [4.78, 5) is 24.5. The Hall–Kier alpha value is -3.86. The average Bonchev–Trinajstić information content (AvgIpc) is 3.44. The molecule has 2 aliphatic rings. The van der Waals surface area contributed by atoms with Crippen molar-refractivity contribution < 1.29 is 44.2 Å².